The number of H-pyrrole nitrogens is 1. The highest BCUT2D eigenvalue weighted by Gasteiger charge is 2.24. The Labute approximate surface area is 243 Å². The maximum Gasteiger partial charge on any atom is 0.411 e. The van der Waals surface area contributed by atoms with Crippen LogP contribution in [0.25, 0.3) is 44.9 Å². The van der Waals surface area contributed by atoms with E-state index in [1.807, 2.05) is 67.7 Å². The summed E-state index contributed by atoms with van der Waals surface area (Å²) in [5.74, 6) is 0.00265. The van der Waals surface area contributed by atoms with Gasteiger partial charge in [-0.25, -0.2) is 19.7 Å². The first-order chi connectivity index (χ1) is 20.1. The molecule has 10 heteroatoms. The molecule has 1 N–H and O–H groups in total. The number of esters is 1. The zero-order chi connectivity index (χ0) is 29.9. The molecular formula is C32H32N6O4. The Hall–Kier alpha value is -5.12. The molecule has 4 heterocycles. The Morgan fingerprint density at radius 2 is 1.69 bits per heavy atom. The summed E-state index contributed by atoms with van der Waals surface area (Å²) in [4.78, 5) is 47.9. The van der Waals surface area contributed by atoms with Crippen LogP contribution in [0.3, 0.4) is 0 Å². The highest BCUT2D eigenvalue weighted by Crippen LogP contribution is 2.31. The fourth-order valence-electron chi connectivity index (χ4n) is 4.43. The fraction of sp³-hybridized carbons (Fsp3) is 0.250. The van der Waals surface area contributed by atoms with E-state index in [1.165, 1.54) is 12.0 Å². The summed E-state index contributed by atoms with van der Waals surface area (Å²) in [5, 5.41) is 0.883. The first-order valence-electron chi connectivity index (χ1n) is 13.5. The predicted molar refractivity (Wildman–Crippen MR) is 159 cm³/mol. The molecule has 214 valence electrons. The molecule has 42 heavy (non-hydrogen) atoms. The van der Waals surface area contributed by atoms with E-state index in [-0.39, 0.29) is 13.1 Å². The van der Waals surface area contributed by atoms with E-state index in [1.54, 1.807) is 33.2 Å². The zero-order valence-corrected chi connectivity index (χ0v) is 24.2. The van der Waals surface area contributed by atoms with Gasteiger partial charge in [0.25, 0.3) is 0 Å². The molecule has 0 bridgehead atoms. The number of aromatic nitrogens is 5. The van der Waals surface area contributed by atoms with Crippen molar-refractivity contribution in [2.24, 2.45) is 0 Å². The van der Waals surface area contributed by atoms with Gasteiger partial charge in [-0.2, -0.15) is 0 Å². The highest BCUT2D eigenvalue weighted by atomic mass is 16.6. The molecule has 0 aliphatic rings. The highest BCUT2D eigenvalue weighted by molar-refractivity contribution is 5.92. The molecule has 0 radical (unpaired) electrons. The third kappa shape index (κ3) is 6.60. The van der Waals surface area contributed by atoms with Crippen molar-refractivity contribution in [3.63, 3.8) is 0 Å². The average Bonchev–Trinajstić information content (AvgIpc) is 3.45. The van der Waals surface area contributed by atoms with E-state index in [0.717, 1.165) is 44.7 Å². The number of carbonyl (C=O) groups is 2. The van der Waals surface area contributed by atoms with E-state index in [0.29, 0.717) is 11.5 Å². The van der Waals surface area contributed by atoms with Crippen LogP contribution >= 0.6 is 0 Å². The lowest BCUT2D eigenvalue weighted by Crippen LogP contribution is -2.39. The van der Waals surface area contributed by atoms with Crippen LogP contribution in [-0.2, 0) is 20.8 Å². The maximum absolute atomic E-state index is 12.8. The Bertz CT molecular complexity index is 1740. The molecule has 0 spiro atoms. The number of aromatic amines is 1. The molecule has 0 fully saturated rings. The normalized spacial score (nSPS) is 11.4. The minimum absolute atomic E-state index is 0.185. The maximum atomic E-state index is 12.8. The summed E-state index contributed by atoms with van der Waals surface area (Å²) >= 11 is 0. The van der Waals surface area contributed by atoms with E-state index in [9.17, 15) is 9.59 Å². The number of aryl methyl sites for hydroxylation is 1. The number of benzene rings is 1. The Kier molecular flexibility index (Phi) is 7.97. The Balaban J connectivity index is 1.42. The molecule has 0 saturated carbocycles. The average molecular weight is 565 g/mol. The molecule has 5 rings (SSSR count). The van der Waals surface area contributed by atoms with Crippen molar-refractivity contribution in [3.05, 3.63) is 84.4 Å². The van der Waals surface area contributed by atoms with Gasteiger partial charge >= 0.3 is 12.1 Å². The number of fused-ring (bicyclic) bond motifs is 1. The molecule has 0 atom stereocenters. The van der Waals surface area contributed by atoms with Crippen molar-refractivity contribution in [2.75, 3.05) is 13.7 Å². The largest absolute Gasteiger partial charge is 0.468 e. The number of methoxy groups -OCH3 is 1. The minimum Gasteiger partial charge on any atom is -0.468 e. The number of ether oxygens (including phenoxy) is 2. The van der Waals surface area contributed by atoms with E-state index < -0.39 is 17.7 Å². The predicted octanol–water partition coefficient (Wildman–Crippen LogP) is 5.97. The van der Waals surface area contributed by atoms with Crippen LogP contribution in [-0.4, -0.2) is 61.1 Å². The summed E-state index contributed by atoms with van der Waals surface area (Å²) in [5.41, 5.74) is 5.86. The Morgan fingerprint density at radius 1 is 0.929 bits per heavy atom. The lowest BCUT2D eigenvalue weighted by molar-refractivity contribution is -0.142. The number of hydrogen-bond acceptors (Lipinski definition) is 8. The first-order valence-corrected chi connectivity index (χ1v) is 13.5. The van der Waals surface area contributed by atoms with Crippen molar-refractivity contribution < 1.29 is 19.1 Å². The number of carbonyl (C=O) groups excluding carboxylic acids is 2. The standard InChI is InChI=1S/C32H32N6O4/c1-20-7-6-8-26(35-20)30-36-28(25-13-14-34-29(25)37-30)24-15-23(16-33-17-24)22-11-9-21(10-12-22)18-38(19-27(39)41-5)31(40)42-32(2,3)4/h6-17H,18-19H2,1-5H3,(H,34,36,37). The number of nitrogens with zero attached hydrogens (tertiary/aromatic N) is 5. The second-order valence-electron chi connectivity index (χ2n) is 10.9. The van der Waals surface area contributed by atoms with Gasteiger partial charge in [0, 0.05) is 47.3 Å². The summed E-state index contributed by atoms with van der Waals surface area (Å²) in [6.45, 7) is 7.24. The van der Waals surface area contributed by atoms with E-state index in [2.05, 4.69) is 19.9 Å². The van der Waals surface area contributed by atoms with Gasteiger partial charge in [0.2, 0.25) is 0 Å². The van der Waals surface area contributed by atoms with E-state index in [4.69, 9.17) is 14.5 Å². The summed E-state index contributed by atoms with van der Waals surface area (Å²) < 4.78 is 10.3. The van der Waals surface area contributed by atoms with Crippen LogP contribution in [0.15, 0.2) is 73.2 Å². The molecule has 1 amide bonds. The number of pyridine rings is 2. The summed E-state index contributed by atoms with van der Waals surface area (Å²) in [6.07, 6.45) is 4.83. The third-order valence-electron chi connectivity index (χ3n) is 6.40. The monoisotopic (exact) mass is 564 g/mol. The van der Waals surface area contributed by atoms with Crippen LogP contribution in [0.2, 0.25) is 0 Å². The number of hydrogen-bond donors (Lipinski definition) is 1. The summed E-state index contributed by atoms with van der Waals surface area (Å²) in [7, 11) is 1.29. The Morgan fingerprint density at radius 3 is 2.40 bits per heavy atom. The quantitative estimate of drug-likeness (QED) is 0.240. The van der Waals surface area contributed by atoms with Crippen LogP contribution in [0, 0.1) is 6.92 Å². The lowest BCUT2D eigenvalue weighted by Gasteiger charge is -2.26. The van der Waals surface area contributed by atoms with Crippen molar-refractivity contribution in [1.29, 1.82) is 0 Å². The van der Waals surface area contributed by atoms with Gasteiger partial charge in [-0.3, -0.25) is 14.7 Å². The molecule has 0 saturated heterocycles. The molecular weight excluding hydrogens is 532 g/mol. The number of rotatable bonds is 7. The van der Waals surface area contributed by atoms with Gasteiger partial charge < -0.3 is 14.5 Å². The third-order valence-corrected chi connectivity index (χ3v) is 6.40. The molecule has 0 aliphatic carbocycles. The molecule has 4 aromatic heterocycles. The fourth-order valence-corrected chi connectivity index (χ4v) is 4.43. The van der Waals surface area contributed by atoms with Crippen molar-refractivity contribution in [1.82, 2.24) is 29.8 Å². The van der Waals surface area contributed by atoms with Gasteiger partial charge in [-0.15, -0.1) is 0 Å². The smallest absolute Gasteiger partial charge is 0.411 e. The van der Waals surface area contributed by atoms with Gasteiger partial charge in [-0.1, -0.05) is 30.3 Å². The summed E-state index contributed by atoms with van der Waals surface area (Å²) in [6, 6.07) is 17.5. The van der Waals surface area contributed by atoms with Crippen molar-refractivity contribution >= 4 is 23.1 Å². The molecule has 0 unspecified atom stereocenters. The number of nitrogens with one attached hydrogen (secondary N) is 1. The van der Waals surface area contributed by atoms with Crippen LogP contribution in [0.1, 0.15) is 32.0 Å². The van der Waals surface area contributed by atoms with Crippen LogP contribution in [0.5, 0.6) is 0 Å². The molecule has 1 aromatic carbocycles. The second-order valence-corrected chi connectivity index (χ2v) is 10.9. The molecule has 10 nitrogen and oxygen atoms in total. The lowest BCUT2D eigenvalue weighted by atomic mass is 10.0. The van der Waals surface area contributed by atoms with Gasteiger partial charge in [0.1, 0.15) is 23.5 Å². The second kappa shape index (κ2) is 11.8. The zero-order valence-electron chi connectivity index (χ0n) is 24.2. The van der Waals surface area contributed by atoms with Crippen molar-refractivity contribution in [2.45, 2.75) is 39.8 Å². The van der Waals surface area contributed by atoms with Gasteiger partial charge in [0.15, 0.2) is 5.82 Å². The SMILES string of the molecule is COC(=O)CN(Cc1ccc(-c2cncc(-c3nc(-c4cccc(C)n4)nc4[nH]ccc34)c2)cc1)C(=O)OC(C)(C)C. The van der Waals surface area contributed by atoms with Crippen molar-refractivity contribution in [3.8, 4) is 33.9 Å². The van der Waals surface area contributed by atoms with Crippen LogP contribution < -0.4 is 0 Å². The molecule has 0 aliphatic heterocycles. The van der Waals surface area contributed by atoms with Crippen LogP contribution in [0.4, 0.5) is 4.79 Å². The van der Waals surface area contributed by atoms with Gasteiger partial charge in [-0.05, 0) is 63.1 Å². The minimum atomic E-state index is -0.694. The molecule has 5 aromatic rings. The topological polar surface area (TPSA) is 123 Å². The number of amides is 1. The van der Waals surface area contributed by atoms with Gasteiger partial charge in [0.05, 0.1) is 12.8 Å². The first kappa shape index (κ1) is 28.4. The van der Waals surface area contributed by atoms with E-state index >= 15 is 0 Å².